The van der Waals surface area contributed by atoms with E-state index in [0.29, 0.717) is 18.7 Å². The lowest BCUT2D eigenvalue weighted by Crippen LogP contribution is -2.50. The molecule has 3 N–H and O–H groups in total. The highest BCUT2D eigenvalue weighted by Crippen LogP contribution is 2.16. The van der Waals surface area contributed by atoms with Gasteiger partial charge in [-0.2, -0.15) is 0 Å². The van der Waals surface area contributed by atoms with Crippen LogP contribution in [0.15, 0.2) is 29.2 Å². The zero-order chi connectivity index (χ0) is 16.3. The fourth-order valence-corrected chi connectivity index (χ4v) is 3.68. The molecule has 0 radical (unpaired) electrons. The Bertz CT molecular complexity index is 686. The molecule has 2 rings (SSSR count). The number of carboxylic acid groups (broad SMARTS) is 1. The molecule has 8 heteroatoms. The number of carbonyl (C=O) groups is 2. The Kier molecular flexibility index (Phi) is 4.94. The van der Waals surface area contributed by atoms with E-state index in [4.69, 9.17) is 5.11 Å². The van der Waals surface area contributed by atoms with Gasteiger partial charge < -0.3 is 10.4 Å². The minimum absolute atomic E-state index is 0.00218. The molecule has 0 saturated carbocycles. The average Bonchev–Trinajstić information content (AvgIpc) is 2.47. The number of benzene rings is 1. The maximum absolute atomic E-state index is 12.4. The van der Waals surface area contributed by atoms with Gasteiger partial charge >= 0.3 is 5.97 Å². The van der Waals surface area contributed by atoms with Crippen molar-refractivity contribution in [3.05, 3.63) is 29.8 Å². The number of Topliss-reactive ketones (excluding diaryl/α,β-unsaturated/α-hetero) is 1. The van der Waals surface area contributed by atoms with Gasteiger partial charge in [0.05, 0.1) is 10.8 Å². The van der Waals surface area contributed by atoms with E-state index >= 15 is 0 Å². The number of rotatable bonds is 5. The lowest BCUT2D eigenvalue weighted by atomic mass is 9.97. The summed E-state index contributed by atoms with van der Waals surface area (Å²) in [5.74, 6) is -1.79. The highest BCUT2D eigenvalue weighted by atomic mass is 32.2. The quantitative estimate of drug-likeness (QED) is 0.668. The third-order valence-corrected chi connectivity index (χ3v) is 5.09. The molecule has 1 saturated heterocycles. The van der Waals surface area contributed by atoms with Crippen LogP contribution in [0.2, 0.25) is 0 Å². The van der Waals surface area contributed by atoms with Crippen LogP contribution in [0, 0.1) is 5.92 Å². The first-order valence-electron chi connectivity index (χ1n) is 6.86. The van der Waals surface area contributed by atoms with Crippen molar-refractivity contribution in [3.8, 4) is 0 Å². The number of carboxylic acids is 1. The van der Waals surface area contributed by atoms with Crippen molar-refractivity contribution in [2.45, 2.75) is 24.3 Å². The van der Waals surface area contributed by atoms with E-state index in [0.717, 1.165) is 0 Å². The standard InChI is InChI=1S/C14H18N2O5S/c1-9(17)10-3-2-4-13(6-10)22(20,21)16-12-5-11(14(18)19)7-15-8-12/h2-4,6,11-12,15-16H,5,7-8H2,1H3,(H,18,19). The first kappa shape index (κ1) is 16.6. The van der Waals surface area contributed by atoms with Crippen LogP contribution in [0.25, 0.3) is 0 Å². The smallest absolute Gasteiger partial charge is 0.307 e. The van der Waals surface area contributed by atoms with Gasteiger partial charge in [0, 0.05) is 24.7 Å². The number of aliphatic carboxylic acids is 1. The van der Waals surface area contributed by atoms with Crippen molar-refractivity contribution in [1.82, 2.24) is 10.0 Å². The Morgan fingerprint density at radius 1 is 1.32 bits per heavy atom. The Balaban J connectivity index is 2.15. The molecule has 1 aliphatic rings. The van der Waals surface area contributed by atoms with Gasteiger partial charge in [-0.15, -0.1) is 0 Å². The Morgan fingerprint density at radius 3 is 2.68 bits per heavy atom. The van der Waals surface area contributed by atoms with Crippen molar-refractivity contribution in [3.63, 3.8) is 0 Å². The first-order chi connectivity index (χ1) is 10.3. The first-order valence-corrected chi connectivity index (χ1v) is 8.35. The summed E-state index contributed by atoms with van der Waals surface area (Å²) in [7, 11) is -3.80. The van der Waals surface area contributed by atoms with Crippen molar-refractivity contribution in [2.75, 3.05) is 13.1 Å². The molecular formula is C14H18N2O5S. The average molecular weight is 326 g/mol. The second-order valence-electron chi connectivity index (χ2n) is 5.33. The number of hydrogen-bond donors (Lipinski definition) is 3. The predicted octanol–water partition coefficient (Wildman–Crippen LogP) is 0.230. The van der Waals surface area contributed by atoms with Gasteiger partial charge in [-0.05, 0) is 25.5 Å². The fourth-order valence-electron chi connectivity index (χ4n) is 2.39. The molecular weight excluding hydrogens is 308 g/mol. The van der Waals surface area contributed by atoms with E-state index < -0.39 is 28.0 Å². The summed E-state index contributed by atoms with van der Waals surface area (Å²) < 4.78 is 27.2. The van der Waals surface area contributed by atoms with Crippen LogP contribution in [0.5, 0.6) is 0 Å². The number of piperidine rings is 1. The third kappa shape index (κ3) is 3.90. The second kappa shape index (κ2) is 6.55. The predicted molar refractivity (Wildman–Crippen MR) is 79.2 cm³/mol. The topological polar surface area (TPSA) is 113 Å². The normalized spacial score (nSPS) is 22.2. The van der Waals surface area contributed by atoms with Crippen molar-refractivity contribution in [2.24, 2.45) is 5.92 Å². The van der Waals surface area contributed by atoms with E-state index in [1.807, 2.05) is 0 Å². The summed E-state index contributed by atoms with van der Waals surface area (Å²) in [5, 5.41) is 11.9. The van der Waals surface area contributed by atoms with Crippen LogP contribution < -0.4 is 10.0 Å². The molecule has 1 aromatic carbocycles. The Morgan fingerprint density at radius 2 is 2.05 bits per heavy atom. The van der Waals surface area contributed by atoms with Gasteiger partial charge in [0.2, 0.25) is 10.0 Å². The van der Waals surface area contributed by atoms with E-state index in [-0.39, 0.29) is 17.1 Å². The molecule has 0 spiro atoms. The molecule has 2 atom stereocenters. The Labute approximate surface area is 128 Å². The summed E-state index contributed by atoms with van der Waals surface area (Å²) in [4.78, 5) is 22.3. The van der Waals surface area contributed by atoms with Crippen molar-refractivity contribution in [1.29, 1.82) is 0 Å². The molecule has 0 aromatic heterocycles. The fraction of sp³-hybridized carbons (Fsp3) is 0.429. The number of nitrogens with one attached hydrogen (secondary N) is 2. The van der Waals surface area contributed by atoms with Crippen LogP contribution in [-0.4, -0.2) is 44.4 Å². The third-order valence-electron chi connectivity index (χ3n) is 3.57. The molecule has 0 bridgehead atoms. The van der Waals surface area contributed by atoms with E-state index in [2.05, 4.69) is 10.0 Å². The molecule has 1 aromatic rings. The van der Waals surface area contributed by atoms with Gasteiger partial charge in [-0.1, -0.05) is 12.1 Å². The molecule has 7 nitrogen and oxygen atoms in total. The van der Waals surface area contributed by atoms with E-state index in [9.17, 15) is 18.0 Å². The summed E-state index contributed by atoms with van der Waals surface area (Å²) in [6.07, 6.45) is 0.230. The van der Waals surface area contributed by atoms with Gasteiger partial charge in [-0.3, -0.25) is 9.59 Å². The van der Waals surface area contributed by atoms with Crippen LogP contribution in [-0.2, 0) is 14.8 Å². The summed E-state index contributed by atoms with van der Waals surface area (Å²) in [6.45, 7) is 2.06. The lowest BCUT2D eigenvalue weighted by molar-refractivity contribution is -0.142. The molecule has 0 aliphatic carbocycles. The zero-order valence-corrected chi connectivity index (χ0v) is 12.9. The van der Waals surface area contributed by atoms with Gasteiger partial charge in [0.15, 0.2) is 5.78 Å². The van der Waals surface area contributed by atoms with Crippen LogP contribution in [0.1, 0.15) is 23.7 Å². The molecule has 1 aliphatic heterocycles. The number of carbonyl (C=O) groups excluding carboxylic acids is 1. The van der Waals surface area contributed by atoms with Gasteiger partial charge in [0.25, 0.3) is 0 Å². The van der Waals surface area contributed by atoms with Crippen LogP contribution >= 0.6 is 0 Å². The lowest BCUT2D eigenvalue weighted by Gasteiger charge is -2.28. The summed E-state index contributed by atoms with van der Waals surface area (Å²) >= 11 is 0. The Hall–Kier alpha value is -1.77. The maximum Gasteiger partial charge on any atom is 0.307 e. The molecule has 0 amide bonds. The summed E-state index contributed by atoms with van der Waals surface area (Å²) in [5.41, 5.74) is 0.313. The highest BCUT2D eigenvalue weighted by molar-refractivity contribution is 7.89. The largest absolute Gasteiger partial charge is 0.481 e. The number of hydrogen-bond acceptors (Lipinski definition) is 5. The number of sulfonamides is 1. The monoisotopic (exact) mass is 326 g/mol. The minimum atomic E-state index is -3.80. The molecule has 1 fully saturated rings. The highest BCUT2D eigenvalue weighted by Gasteiger charge is 2.29. The zero-order valence-electron chi connectivity index (χ0n) is 12.1. The van der Waals surface area contributed by atoms with Gasteiger partial charge in [-0.25, -0.2) is 13.1 Å². The maximum atomic E-state index is 12.4. The minimum Gasteiger partial charge on any atom is -0.481 e. The van der Waals surface area contributed by atoms with Crippen LogP contribution in [0.3, 0.4) is 0 Å². The second-order valence-corrected chi connectivity index (χ2v) is 7.05. The molecule has 120 valence electrons. The van der Waals surface area contributed by atoms with Crippen LogP contribution in [0.4, 0.5) is 0 Å². The van der Waals surface area contributed by atoms with E-state index in [1.165, 1.54) is 25.1 Å². The van der Waals surface area contributed by atoms with Gasteiger partial charge in [0.1, 0.15) is 0 Å². The number of ketones is 1. The van der Waals surface area contributed by atoms with Crippen molar-refractivity contribution >= 4 is 21.8 Å². The molecule has 2 unspecified atom stereocenters. The summed E-state index contributed by atoms with van der Waals surface area (Å²) in [6, 6.07) is 5.27. The van der Waals surface area contributed by atoms with Crippen molar-refractivity contribution < 1.29 is 23.1 Å². The molecule has 22 heavy (non-hydrogen) atoms. The molecule has 1 heterocycles. The van der Waals surface area contributed by atoms with E-state index in [1.54, 1.807) is 6.07 Å². The SMILES string of the molecule is CC(=O)c1cccc(S(=O)(=O)NC2CNCC(C(=O)O)C2)c1.